The molecule has 2 aromatic heterocycles. The molecule has 4 N–H and O–H groups in total. The van der Waals surface area contributed by atoms with Gasteiger partial charge in [0.05, 0.1) is 19.0 Å². The highest BCUT2D eigenvalue weighted by Crippen LogP contribution is 2.23. The minimum absolute atomic E-state index is 0.145. The quantitative estimate of drug-likeness (QED) is 0.440. The van der Waals surface area contributed by atoms with Crippen molar-refractivity contribution in [3.63, 3.8) is 0 Å². The molecule has 10 heteroatoms. The third-order valence-electron chi connectivity index (χ3n) is 4.25. The maximum absolute atomic E-state index is 12.8. The molecule has 0 aliphatic carbocycles. The molecule has 0 spiro atoms. The lowest BCUT2D eigenvalue weighted by atomic mass is 10.2. The van der Waals surface area contributed by atoms with Crippen molar-refractivity contribution in [2.75, 3.05) is 5.32 Å². The number of aliphatic carboxylic acids is 1. The van der Waals surface area contributed by atoms with E-state index in [2.05, 4.69) is 10.6 Å². The molecule has 0 fully saturated rings. The Labute approximate surface area is 180 Å². The van der Waals surface area contributed by atoms with Crippen molar-refractivity contribution in [1.82, 2.24) is 9.88 Å². The molecule has 1 aromatic carbocycles. The Morgan fingerprint density at radius 2 is 1.93 bits per heavy atom. The van der Waals surface area contributed by atoms with Gasteiger partial charge in [-0.2, -0.15) is 0 Å². The van der Waals surface area contributed by atoms with Gasteiger partial charge in [0.2, 0.25) is 0 Å². The number of pyridine rings is 1. The van der Waals surface area contributed by atoms with Crippen molar-refractivity contribution in [3.05, 3.63) is 79.9 Å². The maximum Gasteiger partial charge on any atom is 0.320 e. The summed E-state index contributed by atoms with van der Waals surface area (Å²) >= 11 is 7.44. The summed E-state index contributed by atoms with van der Waals surface area (Å²) in [5, 5.41) is 26.3. The second kappa shape index (κ2) is 9.47. The number of aromatic hydroxyl groups is 1. The van der Waals surface area contributed by atoms with Gasteiger partial charge < -0.3 is 25.4 Å². The predicted octanol–water partition coefficient (Wildman–Crippen LogP) is 3.65. The molecule has 0 saturated carbocycles. The fourth-order valence-corrected chi connectivity index (χ4v) is 3.79. The Bertz CT molecular complexity index is 1110. The van der Waals surface area contributed by atoms with Crippen LogP contribution in [0.3, 0.4) is 0 Å². The summed E-state index contributed by atoms with van der Waals surface area (Å²) in [5.41, 5.74) is -0.250. The second-order valence-electron chi connectivity index (χ2n) is 6.36. The van der Waals surface area contributed by atoms with Gasteiger partial charge in [-0.05, 0) is 29.1 Å². The molecule has 2 heterocycles. The fourth-order valence-electron chi connectivity index (χ4n) is 2.81. The highest BCUT2D eigenvalue weighted by molar-refractivity contribution is 7.10. The molecule has 156 valence electrons. The van der Waals surface area contributed by atoms with E-state index in [1.165, 1.54) is 28.2 Å². The zero-order valence-corrected chi connectivity index (χ0v) is 17.1. The van der Waals surface area contributed by atoms with Gasteiger partial charge in [-0.3, -0.25) is 9.59 Å². The SMILES string of the molecule is O=C(O)CC(NC(=O)Nc1c(O)ccn(Cc2ccccc2Cl)c1=O)c1cccs1. The Hall–Kier alpha value is -3.30. The number of halogens is 1. The zero-order valence-electron chi connectivity index (χ0n) is 15.5. The number of carboxylic acid groups (broad SMARTS) is 1. The summed E-state index contributed by atoms with van der Waals surface area (Å²) in [4.78, 5) is 37.0. The molecular weight excluding hydrogens is 430 g/mol. The summed E-state index contributed by atoms with van der Waals surface area (Å²) in [7, 11) is 0. The lowest BCUT2D eigenvalue weighted by molar-refractivity contribution is -0.137. The molecule has 2 amide bonds. The number of nitrogens with zero attached hydrogens (tertiary/aromatic N) is 1. The number of carboxylic acids is 1. The molecule has 0 aliphatic rings. The van der Waals surface area contributed by atoms with Crippen molar-refractivity contribution < 1.29 is 19.8 Å². The van der Waals surface area contributed by atoms with E-state index in [-0.39, 0.29) is 18.7 Å². The van der Waals surface area contributed by atoms with E-state index in [4.69, 9.17) is 16.7 Å². The molecule has 3 aromatic rings. The summed E-state index contributed by atoms with van der Waals surface area (Å²) in [6.07, 6.45) is 1.06. The average Bonchev–Trinajstić information content (AvgIpc) is 3.23. The second-order valence-corrected chi connectivity index (χ2v) is 7.75. The molecule has 8 nitrogen and oxygen atoms in total. The van der Waals surface area contributed by atoms with Crippen molar-refractivity contribution in [3.8, 4) is 5.75 Å². The smallest absolute Gasteiger partial charge is 0.320 e. The van der Waals surface area contributed by atoms with Gasteiger partial charge in [0, 0.05) is 16.1 Å². The summed E-state index contributed by atoms with van der Waals surface area (Å²) in [6, 6.07) is 10.1. The van der Waals surface area contributed by atoms with Crippen molar-refractivity contribution in [2.24, 2.45) is 0 Å². The molecule has 3 rings (SSSR count). The van der Waals surface area contributed by atoms with Crippen LogP contribution in [0.25, 0.3) is 0 Å². The standard InChI is InChI=1S/C20H18ClN3O5S/c21-13-5-2-1-4-12(13)11-24-8-7-15(25)18(19(24)28)23-20(29)22-14(10-17(26)27)16-6-3-9-30-16/h1-9,14,25H,10-11H2,(H,26,27)(H2,22,23,29). The highest BCUT2D eigenvalue weighted by Gasteiger charge is 2.21. The minimum atomic E-state index is -1.08. The third kappa shape index (κ3) is 5.19. The van der Waals surface area contributed by atoms with Gasteiger partial charge >= 0.3 is 12.0 Å². The van der Waals surface area contributed by atoms with Crippen LogP contribution in [0.4, 0.5) is 10.5 Å². The molecule has 0 saturated heterocycles. The third-order valence-corrected chi connectivity index (χ3v) is 5.61. The average molecular weight is 448 g/mol. The van der Waals surface area contributed by atoms with Crippen molar-refractivity contribution in [1.29, 1.82) is 0 Å². The molecule has 1 atom stereocenters. The van der Waals surface area contributed by atoms with Gasteiger partial charge in [-0.25, -0.2) is 4.79 Å². The normalized spacial score (nSPS) is 11.6. The van der Waals surface area contributed by atoms with E-state index >= 15 is 0 Å². The first-order valence-corrected chi connectivity index (χ1v) is 10.1. The molecule has 1 unspecified atom stereocenters. The topological polar surface area (TPSA) is 121 Å². The van der Waals surface area contributed by atoms with E-state index in [1.54, 1.807) is 41.8 Å². The molecule has 0 aliphatic heterocycles. The monoisotopic (exact) mass is 447 g/mol. The Morgan fingerprint density at radius 1 is 1.17 bits per heavy atom. The number of hydrogen-bond acceptors (Lipinski definition) is 5. The van der Waals surface area contributed by atoms with E-state index < -0.39 is 29.4 Å². The van der Waals surface area contributed by atoms with Gasteiger partial charge in [0.25, 0.3) is 5.56 Å². The highest BCUT2D eigenvalue weighted by atomic mass is 35.5. The van der Waals surface area contributed by atoms with Crippen molar-refractivity contribution >= 4 is 40.6 Å². The molecule has 0 bridgehead atoms. The maximum atomic E-state index is 12.8. The number of nitrogens with one attached hydrogen (secondary N) is 2. The number of carbonyl (C=O) groups is 2. The van der Waals surface area contributed by atoms with Crippen LogP contribution >= 0.6 is 22.9 Å². The predicted molar refractivity (Wildman–Crippen MR) is 114 cm³/mol. The van der Waals surface area contributed by atoms with E-state index in [9.17, 15) is 19.5 Å². The number of hydrogen-bond donors (Lipinski definition) is 4. The zero-order chi connectivity index (χ0) is 21.7. The van der Waals surface area contributed by atoms with Gasteiger partial charge in [0.15, 0.2) is 5.69 Å². The number of rotatable bonds is 7. The van der Waals surface area contributed by atoms with E-state index in [0.717, 1.165) is 0 Å². The van der Waals surface area contributed by atoms with Gasteiger partial charge in [-0.15, -0.1) is 11.3 Å². The van der Waals surface area contributed by atoms with Crippen LogP contribution in [0.5, 0.6) is 5.75 Å². The largest absolute Gasteiger partial charge is 0.505 e. The molecular formula is C20H18ClN3O5S. The number of thiophene rings is 1. The first-order valence-electron chi connectivity index (χ1n) is 8.83. The van der Waals surface area contributed by atoms with Gasteiger partial charge in [0.1, 0.15) is 5.75 Å². The Balaban J connectivity index is 1.80. The summed E-state index contributed by atoms with van der Waals surface area (Å²) in [6.45, 7) is 0.145. The number of aromatic nitrogens is 1. The fraction of sp³-hybridized carbons (Fsp3) is 0.150. The first kappa shape index (κ1) is 21.4. The van der Waals surface area contributed by atoms with Crippen molar-refractivity contribution in [2.45, 2.75) is 19.0 Å². The minimum Gasteiger partial charge on any atom is -0.505 e. The Kier molecular flexibility index (Phi) is 6.76. The number of urea groups is 1. The number of anilines is 1. The molecule has 30 heavy (non-hydrogen) atoms. The van der Waals surface area contributed by atoms with E-state index in [1.807, 2.05) is 0 Å². The summed E-state index contributed by atoms with van der Waals surface area (Å²) in [5.74, 6) is -1.49. The van der Waals surface area contributed by atoms with Crippen LogP contribution in [0.2, 0.25) is 5.02 Å². The van der Waals surface area contributed by atoms with Crippen LogP contribution < -0.4 is 16.2 Å². The Morgan fingerprint density at radius 3 is 2.60 bits per heavy atom. The molecule has 0 radical (unpaired) electrons. The van der Waals surface area contributed by atoms with Crippen LogP contribution in [-0.4, -0.2) is 26.8 Å². The van der Waals surface area contributed by atoms with E-state index in [0.29, 0.717) is 15.5 Å². The number of amides is 2. The van der Waals surface area contributed by atoms with Crippen LogP contribution in [0, 0.1) is 0 Å². The first-order chi connectivity index (χ1) is 14.3. The van der Waals surface area contributed by atoms with Gasteiger partial charge in [-0.1, -0.05) is 35.9 Å². The van der Waals surface area contributed by atoms with Crippen LogP contribution in [0.15, 0.2) is 58.8 Å². The lowest BCUT2D eigenvalue weighted by Gasteiger charge is -2.17. The number of carbonyl (C=O) groups excluding carboxylic acids is 1. The van der Waals surface area contributed by atoms with Crippen LogP contribution in [-0.2, 0) is 11.3 Å². The lowest BCUT2D eigenvalue weighted by Crippen LogP contribution is -2.36. The summed E-state index contributed by atoms with van der Waals surface area (Å²) < 4.78 is 1.30. The van der Waals surface area contributed by atoms with Crippen LogP contribution in [0.1, 0.15) is 22.9 Å². The number of benzene rings is 1.